The predicted molar refractivity (Wildman–Crippen MR) is 72.2 cm³/mol. The van der Waals surface area contributed by atoms with Gasteiger partial charge in [-0.3, -0.25) is 0 Å². The highest BCUT2D eigenvalue weighted by atomic mass is 32.2. The van der Waals surface area contributed by atoms with Crippen molar-refractivity contribution in [3.63, 3.8) is 0 Å². The number of nitrogens with one attached hydrogen (secondary N) is 3. The molecule has 0 spiro atoms. The van der Waals surface area contributed by atoms with Crippen LogP contribution in [-0.4, -0.2) is 21.6 Å². The number of rotatable bonds is 3. The number of anilines is 1. The number of hydrogen-bond acceptors (Lipinski definition) is 4. The van der Waals surface area contributed by atoms with E-state index in [0.29, 0.717) is 0 Å². The van der Waals surface area contributed by atoms with Crippen molar-refractivity contribution in [1.29, 1.82) is 0 Å². The normalized spacial score (nSPS) is 18.4. The van der Waals surface area contributed by atoms with Crippen LogP contribution >= 0.6 is 11.8 Å². The Balaban J connectivity index is 1.72. The number of aromatic nitrogens is 1. The smallest absolute Gasteiger partial charge is 0.352 e. The highest BCUT2D eigenvalue weighted by Gasteiger charge is 2.20. The maximum absolute atomic E-state index is 10.8. The van der Waals surface area contributed by atoms with Gasteiger partial charge in [0.05, 0.1) is 0 Å². The fourth-order valence-electron chi connectivity index (χ4n) is 1.82. The number of aliphatic carboxylic acids is 1. The second-order valence-electron chi connectivity index (χ2n) is 3.92. The van der Waals surface area contributed by atoms with Crippen LogP contribution in [0.2, 0.25) is 0 Å². The highest BCUT2D eigenvalue weighted by molar-refractivity contribution is 8.03. The number of carboxylic acid groups (broad SMARTS) is 1. The summed E-state index contributed by atoms with van der Waals surface area (Å²) in [5, 5.41) is 17.7. The van der Waals surface area contributed by atoms with E-state index in [9.17, 15) is 4.79 Å². The minimum absolute atomic E-state index is 0.146. The number of carboxylic acids is 1. The van der Waals surface area contributed by atoms with Gasteiger partial charge in [0.25, 0.3) is 0 Å². The highest BCUT2D eigenvalue weighted by Crippen LogP contribution is 2.24. The van der Waals surface area contributed by atoms with Gasteiger partial charge in [0.2, 0.25) is 0 Å². The minimum atomic E-state index is -0.937. The molecule has 0 saturated carbocycles. The summed E-state index contributed by atoms with van der Waals surface area (Å²) in [6, 6.07) is 7.96. The van der Waals surface area contributed by atoms with Crippen molar-refractivity contribution in [2.24, 2.45) is 0 Å². The minimum Gasteiger partial charge on any atom is -0.477 e. The number of carbonyl (C=O) groups is 1. The first-order valence-corrected chi connectivity index (χ1v) is 6.36. The zero-order chi connectivity index (χ0) is 12.5. The molecule has 0 radical (unpaired) electrons. The van der Waals surface area contributed by atoms with E-state index < -0.39 is 5.97 Å². The Labute approximate surface area is 107 Å². The van der Waals surface area contributed by atoms with Gasteiger partial charge >= 0.3 is 5.97 Å². The van der Waals surface area contributed by atoms with Crippen LogP contribution in [0.1, 0.15) is 0 Å². The van der Waals surface area contributed by atoms with E-state index in [2.05, 4.69) is 15.6 Å². The summed E-state index contributed by atoms with van der Waals surface area (Å²) in [7, 11) is 0. The van der Waals surface area contributed by atoms with Crippen molar-refractivity contribution >= 4 is 34.3 Å². The van der Waals surface area contributed by atoms with Crippen LogP contribution in [-0.2, 0) is 4.79 Å². The molecule has 0 bridgehead atoms. The molecule has 1 aromatic carbocycles. The van der Waals surface area contributed by atoms with Crippen LogP contribution in [0.25, 0.3) is 10.9 Å². The summed E-state index contributed by atoms with van der Waals surface area (Å²) in [4.78, 5) is 13.9. The maximum atomic E-state index is 10.8. The Bertz CT molecular complexity index is 635. The van der Waals surface area contributed by atoms with Crippen LogP contribution in [0.5, 0.6) is 0 Å². The Hall–Kier alpha value is -2.08. The van der Waals surface area contributed by atoms with E-state index in [4.69, 9.17) is 5.11 Å². The average Bonchev–Trinajstić information content (AvgIpc) is 2.96. The van der Waals surface area contributed by atoms with Crippen molar-refractivity contribution < 1.29 is 9.90 Å². The molecule has 6 heteroatoms. The van der Waals surface area contributed by atoms with E-state index in [1.165, 1.54) is 11.8 Å². The molecule has 1 atom stereocenters. The summed E-state index contributed by atoms with van der Waals surface area (Å²) in [5.74, 6) is -0.937. The fourth-order valence-corrected chi connectivity index (χ4v) is 2.66. The van der Waals surface area contributed by atoms with E-state index in [1.807, 2.05) is 30.5 Å². The van der Waals surface area contributed by atoms with Crippen LogP contribution in [0, 0.1) is 0 Å². The fraction of sp³-hybridized carbons (Fsp3) is 0.0833. The zero-order valence-corrected chi connectivity index (χ0v) is 10.1. The SMILES string of the molecule is O=C(O)C1=CSC(Nc2ccc3[nH]ccc3c2)N1. The van der Waals surface area contributed by atoms with Crippen LogP contribution in [0.15, 0.2) is 41.6 Å². The van der Waals surface area contributed by atoms with Crippen LogP contribution < -0.4 is 10.6 Å². The molecular formula is C12H11N3O2S. The molecule has 1 aliphatic heterocycles. The maximum Gasteiger partial charge on any atom is 0.352 e. The van der Waals surface area contributed by atoms with Crippen molar-refractivity contribution in [1.82, 2.24) is 10.3 Å². The molecule has 92 valence electrons. The number of benzene rings is 1. The summed E-state index contributed by atoms with van der Waals surface area (Å²) in [6.45, 7) is 0. The lowest BCUT2D eigenvalue weighted by atomic mass is 10.2. The van der Waals surface area contributed by atoms with Gasteiger partial charge in [0.15, 0.2) is 0 Å². The molecule has 1 unspecified atom stereocenters. The van der Waals surface area contributed by atoms with Crippen LogP contribution in [0.4, 0.5) is 5.69 Å². The number of H-pyrrole nitrogens is 1. The zero-order valence-electron chi connectivity index (χ0n) is 9.31. The number of aromatic amines is 1. The third-order valence-corrected chi connectivity index (χ3v) is 3.57. The van der Waals surface area contributed by atoms with E-state index >= 15 is 0 Å². The second kappa shape index (κ2) is 4.30. The first-order chi connectivity index (χ1) is 8.72. The van der Waals surface area contributed by atoms with E-state index in [1.54, 1.807) is 5.41 Å². The summed E-state index contributed by atoms with van der Waals surface area (Å²) in [6.07, 6.45) is 1.89. The molecule has 1 aliphatic rings. The van der Waals surface area contributed by atoms with Gasteiger partial charge in [0, 0.05) is 28.2 Å². The number of thioether (sulfide) groups is 1. The molecule has 0 aliphatic carbocycles. The predicted octanol–water partition coefficient (Wildman–Crippen LogP) is 2.13. The van der Waals surface area contributed by atoms with Gasteiger partial charge < -0.3 is 20.7 Å². The van der Waals surface area contributed by atoms with Crippen molar-refractivity contribution in [3.8, 4) is 0 Å². The Morgan fingerprint density at radius 1 is 1.39 bits per heavy atom. The topological polar surface area (TPSA) is 77.2 Å². The van der Waals surface area contributed by atoms with Crippen molar-refractivity contribution in [3.05, 3.63) is 41.6 Å². The summed E-state index contributed by atoms with van der Waals surface area (Å²) in [5.41, 5.74) is 2.11. The molecule has 2 aromatic rings. The molecule has 4 N–H and O–H groups in total. The standard InChI is InChI=1S/C12H11N3O2S/c16-11(17)10-6-18-12(15-10)14-8-1-2-9-7(5-8)3-4-13-9/h1-6,12-15H,(H,16,17). The molecule has 0 saturated heterocycles. The Morgan fingerprint density at radius 2 is 2.28 bits per heavy atom. The lowest BCUT2D eigenvalue weighted by Gasteiger charge is -2.15. The van der Waals surface area contributed by atoms with Crippen molar-refractivity contribution in [2.45, 2.75) is 5.50 Å². The van der Waals surface area contributed by atoms with Gasteiger partial charge in [-0.15, -0.1) is 0 Å². The van der Waals surface area contributed by atoms with Gasteiger partial charge in [-0.2, -0.15) is 0 Å². The van der Waals surface area contributed by atoms with E-state index in [-0.39, 0.29) is 11.2 Å². The summed E-state index contributed by atoms with van der Waals surface area (Å²) >= 11 is 1.41. The molecule has 1 aromatic heterocycles. The third-order valence-electron chi connectivity index (χ3n) is 2.69. The average molecular weight is 261 g/mol. The molecule has 0 fully saturated rings. The molecule has 5 nitrogen and oxygen atoms in total. The number of fused-ring (bicyclic) bond motifs is 1. The monoisotopic (exact) mass is 261 g/mol. The number of hydrogen-bond donors (Lipinski definition) is 4. The quantitative estimate of drug-likeness (QED) is 0.681. The lowest BCUT2D eigenvalue weighted by molar-refractivity contribution is -0.133. The van der Waals surface area contributed by atoms with E-state index in [0.717, 1.165) is 16.6 Å². The lowest BCUT2D eigenvalue weighted by Crippen LogP contribution is -2.30. The van der Waals surface area contributed by atoms with Gasteiger partial charge in [-0.1, -0.05) is 11.8 Å². The van der Waals surface area contributed by atoms with Gasteiger partial charge in [-0.25, -0.2) is 4.79 Å². The molecular weight excluding hydrogens is 250 g/mol. The Morgan fingerprint density at radius 3 is 3.06 bits per heavy atom. The summed E-state index contributed by atoms with van der Waals surface area (Å²) < 4.78 is 0. The third kappa shape index (κ3) is 2.02. The molecule has 3 rings (SSSR count). The first kappa shape index (κ1) is 11.0. The first-order valence-electron chi connectivity index (χ1n) is 5.41. The van der Waals surface area contributed by atoms with Crippen molar-refractivity contribution in [2.75, 3.05) is 5.32 Å². The van der Waals surface area contributed by atoms with Gasteiger partial charge in [-0.05, 0) is 24.3 Å². The largest absolute Gasteiger partial charge is 0.477 e. The molecule has 18 heavy (non-hydrogen) atoms. The Kier molecular flexibility index (Phi) is 2.64. The second-order valence-corrected chi connectivity index (χ2v) is 4.90. The van der Waals surface area contributed by atoms with Gasteiger partial charge in [0.1, 0.15) is 11.2 Å². The molecule has 2 heterocycles. The molecule has 0 amide bonds. The van der Waals surface area contributed by atoms with Crippen LogP contribution in [0.3, 0.4) is 0 Å².